The van der Waals surface area contributed by atoms with Gasteiger partial charge in [0.25, 0.3) is 0 Å². The van der Waals surface area contributed by atoms with E-state index in [0.717, 1.165) is 35.5 Å². The second-order valence-corrected chi connectivity index (χ2v) is 8.09. The smallest absolute Gasteiger partial charge is 0.227 e. The van der Waals surface area contributed by atoms with E-state index in [1.54, 1.807) is 6.20 Å². The number of hydrogen-bond acceptors (Lipinski definition) is 4. The van der Waals surface area contributed by atoms with Crippen LogP contribution in [-0.2, 0) is 4.79 Å². The van der Waals surface area contributed by atoms with Gasteiger partial charge in [0.1, 0.15) is 0 Å². The highest BCUT2D eigenvalue weighted by atomic mass is 16.4. The number of benzene rings is 2. The maximum Gasteiger partial charge on any atom is 0.227 e. The molecule has 5 nitrogen and oxygen atoms in total. The van der Waals surface area contributed by atoms with Gasteiger partial charge in [0.05, 0.1) is 5.71 Å². The van der Waals surface area contributed by atoms with Crippen molar-refractivity contribution in [3.8, 4) is 0 Å². The average Bonchev–Trinajstić information content (AvgIpc) is 3.21. The highest BCUT2D eigenvalue weighted by Gasteiger charge is 2.23. The van der Waals surface area contributed by atoms with Gasteiger partial charge in [-0.15, -0.1) is 0 Å². The molecule has 2 aromatic carbocycles. The summed E-state index contributed by atoms with van der Waals surface area (Å²) in [5.74, 6) is 0.204. The topological polar surface area (TPSA) is 65.8 Å². The fourth-order valence-corrected chi connectivity index (χ4v) is 4.33. The van der Waals surface area contributed by atoms with Crippen LogP contribution in [0.5, 0.6) is 0 Å². The van der Waals surface area contributed by atoms with Gasteiger partial charge in [-0.25, -0.2) is 0 Å². The summed E-state index contributed by atoms with van der Waals surface area (Å²) in [7, 11) is 0. The third-order valence-corrected chi connectivity index (χ3v) is 5.99. The number of hydrogen-bond donors (Lipinski definition) is 1. The number of rotatable bonds is 6. The lowest BCUT2D eigenvalue weighted by atomic mass is 9.83. The number of aryl methyl sites for hydroxylation is 2. The lowest BCUT2D eigenvalue weighted by Gasteiger charge is -2.22. The molecule has 158 valence electrons. The van der Waals surface area contributed by atoms with Crippen LogP contribution in [0.2, 0.25) is 0 Å². The molecular formula is C26H27N3O2. The van der Waals surface area contributed by atoms with E-state index in [-0.39, 0.29) is 11.8 Å². The second-order valence-electron chi connectivity index (χ2n) is 8.09. The Kier molecular flexibility index (Phi) is 6.12. The van der Waals surface area contributed by atoms with E-state index in [1.165, 1.54) is 11.1 Å². The molecule has 0 radical (unpaired) electrons. The first kappa shape index (κ1) is 20.8. The molecule has 1 N–H and O–H groups in total. The van der Waals surface area contributed by atoms with E-state index in [1.807, 2.05) is 48.2 Å². The number of carbonyl (C=O) groups excluding carboxylic acids is 1. The van der Waals surface area contributed by atoms with Crippen LogP contribution < -0.4 is 4.90 Å². The molecule has 0 aliphatic carbocycles. The van der Waals surface area contributed by atoms with Gasteiger partial charge in [-0.1, -0.05) is 41.6 Å². The summed E-state index contributed by atoms with van der Waals surface area (Å²) in [6.07, 6.45) is 3.82. The van der Waals surface area contributed by atoms with Crippen LogP contribution in [0.3, 0.4) is 0 Å². The van der Waals surface area contributed by atoms with Gasteiger partial charge in [0.15, 0.2) is 0 Å². The number of amides is 1. The summed E-state index contributed by atoms with van der Waals surface area (Å²) in [6, 6.07) is 20.3. The van der Waals surface area contributed by atoms with Crippen molar-refractivity contribution < 1.29 is 10.0 Å². The molecule has 4 rings (SSSR count). The Morgan fingerprint density at radius 1 is 1.13 bits per heavy atom. The van der Waals surface area contributed by atoms with Crippen molar-refractivity contribution in [2.24, 2.45) is 5.16 Å². The Morgan fingerprint density at radius 2 is 1.90 bits per heavy atom. The Bertz CT molecular complexity index is 1110. The zero-order valence-corrected chi connectivity index (χ0v) is 18.0. The van der Waals surface area contributed by atoms with Gasteiger partial charge in [-0.3, -0.25) is 9.78 Å². The van der Waals surface area contributed by atoms with Crippen LogP contribution >= 0.6 is 0 Å². The number of oxime groups is 1. The van der Waals surface area contributed by atoms with Crippen LogP contribution in [-0.4, -0.2) is 28.4 Å². The summed E-state index contributed by atoms with van der Waals surface area (Å²) in [4.78, 5) is 18.2. The summed E-state index contributed by atoms with van der Waals surface area (Å²) in [6.45, 7) is 4.81. The molecule has 1 aliphatic rings. The van der Waals surface area contributed by atoms with E-state index in [2.05, 4.69) is 41.3 Å². The van der Waals surface area contributed by atoms with Crippen molar-refractivity contribution in [1.29, 1.82) is 0 Å². The predicted molar refractivity (Wildman–Crippen MR) is 123 cm³/mol. The lowest BCUT2D eigenvalue weighted by molar-refractivity contribution is -0.117. The summed E-state index contributed by atoms with van der Waals surface area (Å²) < 4.78 is 0. The minimum Gasteiger partial charge on any atom is -0.411 e. The summed E-state index contributed by atoms with van der Waals surface area (Å²) in [5, 5.41) is 13.5. The Morgan fingerprint density at radius 3 is 2.55 bits per heavy atom. The fourth-order valence-electron chi connectivity index (χ4n) is 4.33. The molecule has 3 aromatic rings. The largest absolute Gasteiger partial charge is 0.411 e. The third kappa shape index (κ3) is 4.50. The van der Waals surface area contributed by atoms with Gasteiger partial charge in [0.2, 0.25) is 5.91 Å². The van der Waals surface area contributed by atoms with Crippen molar-refractivity contribution in [2.45, 2.75) is 39.0 Å². The zero-order chi connectivity index (χ0) is 21.8. The fraction of sp³-hybridized carbons (Fsp3) is 0.269. The molecule has 1 aliphatic heterocycles. The normalized spacial score (nSPS) is 15.4. The van der Waals surface area contributed by atoms with Crippen LogP contribution in [0.15, 0.2) is 72.0 Å². The van der Waals surface area contributed by atoms with E-state index in [0.29, 0.717) is 18.6 Å². The molecule has 5 heteroatoms. The molecule has 0 spiro atoms. The highest BCUT2D eigenvalue weighted by molar-refractivity contribution is 6.01. The quantitative estimate of drug-likeness (QED) is 0.342. The van der Waals surface area contributed by atoms with Crippen LogP contribution in [0, 0.1) is 13.8 Å². The lowest BCUT2D eigenvalue weighted by Crippen LogP contribution is -2.23. The third-order valence-electron chi connectivity index (χ3n) is 5.99. The Balaban J connectivity index is 1.70. The number of nitrogens with zero attached hydrogens (tertiary/aromatic N) is 3. The molecule has 1 aromatic heterocycles. The molecule has 2 heterocycles. The SMILES string of the molecule is Cc1cc(C(CC(c2ccc(N3CCCC3=O)cc2)c2ccccc2C)=NO)ccn1. The number of carbonyl (C=O) groups is 1. The van der Waals surface area contributed by atoms with Crippen molar-refractivity contribution >= 4 is 17.3 Å². The van der Waals surface area contributed by atoms with Gasteiger partial charge in [0, 0.05) is 48.4 Å². The second kappa shape index (κ2) is 9.13. The first-order valence-corrected chi connectivity index (χ1v) is 10.7. The van der Waals surface area contributed by atoms with Crippen LogP contribution in [0.4, 0.5) is 5.69 Å². The Hall–Kier alpha value is -3.47. The first-order chi connectivity index (χ1) is 15.1. The Labute approximate surface area is 183 Å². The molecule has 1 unspecified atom stereocenters. The molecular weight excluding hydrogens is 386 g/mol. The predicted octanol–water partition coefficient (Wildman–Crippen LogP) is 5.23. The molecule has 0 bridgehead atoms. The van der Waals surface area contributed by atoms with Crippen LogP contribution in [0.1, 0.15) is 53.1 Å². The van der Waals surface area contributed by atoms with Gasteiger partial charge in [-0.05, 0) is 61.2 Å². The molecule has 1 saturated heterocycles. The number of anilines is 1. The molecule has 1 atom stereocenters. The van der Waals surface area contributed by atoms with Gasteiger partial charge in [-0.2, -0.15) is 0 Å². The maximum absolute atomic E-state index is 12.1. The minimum atomic E-state index is 0.0175. The van der Waals surface area contributed by atoms with Crippen molar-refractivity contribution in [3.63, 3.8) is 0 Å². The molecule has 1 fully saturated rings. The van der Waals surface area contributed by atoms with Crippen LogP contribution in [0.25, 0.3) is 0 Å². The van der Waals surface area contributed by atoms with Gasteiger partial charge >= 0.3 is 0 Å². The van der Waals surface area contributed by atoms with E-state index < -0.39 is 0 Å². The number of pyridine rings is 1. The van der Waals surface area contributed by atoms with E-state index >= 15 is 0 Å². The molecule has 1 amide bonds. The van der Waals surface area contributed by atoms with Crippen molar-refractivity contribution in [3.05, 3.63) is 94.8 Å². The first-order valence-electron chi connectivity index (χ1n) is 10.7. The standard InChI is InChI=1S/C26H27N3O2/c1-18-6-3-4-7-23(18)24(17-25(28-31)21-13-14-27-19(2)16-21)20-9-11-22(12-10-20)29-15-5-8-26(29)30/h3-4,6-7,9-14,16,24,31H,5,8,15,17H2,1-2H3. The van der Waals surface area contributed by atoms with E-state index in [9.17, 15) is 10.0 Å². The molecule has 31 heavy (non-hydrogen) atoms. The summed E-state index contributed by atoms with van der Waals surface area (Å²) >= 11 is 0. The maximum atomic E-state index is 12.1. The summed E-state index contributed by atoms with van der Waals surface area (Å²) in [5.41, 5.74) is 6.82. The zero-order valence-electron chi connectivity index (χ0n) is 18.0. The highest BCUT2D eigenvalue weighted by Crippen LogP contribution is 2.33. The van der Waals surface area contributed by atoms with Crippen molar-refractivity contribution in [2.75, 3.05) is 11.4 Å². The number of aromatic nitrogens is 1. The monoisotopic (exact) mass is 413 g/mol. The van der Waals surface area contributed by atoms with E-state index in [4.69, 9.17) is 0 Å². The molecule has 0 saturated carbocycles. The van der Waals surface area contributed by atoms with Gasteiger partial charge < -0.3 is 10.1 Å². The van der Waals surface area contributed by atoms with Crippen molar-refractivity contribution in [1.82, 2.24) is 4.98 Å². The minimum absolute atomic E-state index is 0.0175. The average molecular weight is 414 g/mol.